The van der Waals surface area contributed by atoms with Gasteiger partial charge in [0.1, 0.15) is 11.1 Å². The smallest absolute Gasteiger partial charge is 0.341 e. The highest BCUT2D eigenvalue weighted by Gasteiger charge is 2.33. The molecule has 2 aliphatic rings. The van der Waals surface area contributed by atoms with Crippen LogP contribution < -0.4 is 5.32 Å². The van der Waals surface area contributed by atoms with Gasteiger partial charge in [0, 0.05) is 10.4 Å². The Morgan fingerprint density at radius 2 is 2.00 bits per heavy atom. The van der Waals surface area contributed by atoms with Crippen LogP contribution in [0.25, 0.3) is 0 Å². The fraction of sp³-hybridized carbons (Fsp3) is 0.381. The number of ether oxygens (including phenoxy) is 2. The first-order valence-corrected chi connectivity index (χ1v) is 10.2. The normalized spacial score (nSPS) is 17.9. The highest BCUT2D eigenvalue weighted by atomic mass is 32.1. The number of methoxy groups -OCH3 is 1. The van der Waals surface area contributed by atoms with Gasteiger partial charge in [0.2, 0.25) is 5.91 Å². The van der Waals surface area contributed by atoms with Gasteiger partial charge in [-0.15, -0.1) is 11.3 Å². The number of hydrogen-bond acceptors (Lipinski definition) is 6. The number of esters is 2. The number of fused-ring (bicyclic) bond motifs is 2. The molecule has 4 rings (SSSR count). The van der Waals surface area contributed by atoms with Crippen molar-refractivity contribution in [2.45, 2.75) is 44.6 Å². The van der Waals surface area contributed by atoms with E-state index in [0.717, 1.165) is 48.1 Å². The van der Waals surface area contributed by atoms with Crippen molar-refractivity contribution in [3.63, 3.8) is 0 Å². The summed E-state index contributed by atoms with van der Waals surface area (Å²) in [6.07, 6.45) is 4.37. The van der Waals surface area contributed by atoms with Gasteiger partial charge in [0.25, 0.3) is 0 Å². The molecule has 1 atom stereocenters. The molecule has 1 N–H and O–H groups in total. The topological polar surface area (TPSA) is 81.7 Å². The lowest BCUT2D eigenvalue weighted by Gasteiger charge is -2.11. The van der Waals surface area contributed by atoms with Crippen molar-refractivity contribution < 1.29 is 23.9 Å². The molecule has 1 aliphatic carbocycles. The zero-order valence-electron chi connectivity index (χ0n) is 15.6. The molecule has 6 nitrogen and oxygen atoms in total. The van der Waals surface area contributed by atoms with Gasteiger partial charge in [-0.1, -0.05) is 24.6 Å². The highest BCUT2D eigenvalue weighted by Crippen LogP contribution is 2.39. The van der Waals surface area contributed by atoms with Gasteiger partial charge in [0.15, 0.2) is 0 Å². The van der Waals surface area contributed by atoms with Crippen LogP contribution >= 0.6 is 11.3 Å². The fourth-order valence-electron chi connectivity index (χ4n) is 3.87. The van der Waals surface area contributed by atoms with E-state index < -0.39 is 18.0 Å². The van der Waals surface area contributed by atoms with E-state index in [1.165, 1.54) is 18.4 Å². The molecule has 0 saturated carbocycles. The average molecular weight is 399 g/mol. The molecule has 1 amide bonds. The molecule has 0 radical (unpaired) electrons. The van der Waals surface area contributed by atoms with Gasteiger partial charge in [-0.05, 0) is 37.3 Å². The van der Waals surface area contributed by atoms with E-state index in [-0.39, 0.29) is 12.3 Å². The molecule has 2 heterocycles. The second kappa shape index (κ2) is 7.75. The lowest BCUT2D eigenvalue weighted by atomic mass is 10.0. The van der Waals surface area contributed by atoms with E-state index in [1.54, 1.807) is 18.2 Å². The third kappa shape index (κ3) is 3.42. The summed E-state index contributed by atoms with van der Waals surface area (Å²) in [6.45, 7) is 0. The number of aryl methyl sites for hydroxylation is 1. The lowest BCUT2D eigenvalue weighted by molar-refractivity contribution is -0.118. The molecule has 0 unspecified atom stereocenters. The predicted octanol–water partition coefficient (Wildman–Crippen LogP) is 4.04. The summed E-state index contributed by atoms with van der Waals surface area (Å²) in [6, 6.07) is 7.08. The first kappa shape index (κ1) is 18.7. The molecule has 0 bridgehead atoms. The Kier molecular flexibility index (Phi) is 5.17. The fourth-order valence-corrected chi connectivity index (χ4v) is 5.16. The Balaban J connectivity index is 1.55. The molecule has 2 aromatic rings. The monoisotopic (exact) mass is 399 g/mol. The molecule has 1 aliphatic heterocycles. The molecule has 1 aromatic carbocycles. The van der Waals surface area contributed by atoms with Gasteiger partial charge < -0.3 is 14.8 Å². The van der Waals surface area contributed by atoms with E-state index >= 15 is 0 Å². The van der Waals surface area contributed by atoms with Crippen molar-refractivity contribution in [3.8, 4) is 0 Å². The van der Waals surface area contributed by atoms with Crippen LogP contribution in [0.15, 0.2) is 24.3 Å². The molecule has 0 saturated heterocycles. The zero-order valence-corrected chi connectivity index (χ0v) is 16.4. The Labute approximate surface area is 166 Å². The second-order valence-corrected chi connectivity index (χ2v) is 8.10. The van der Waals surface area contributed by atoms with Crippen LogP contribution in [0.4, 0.5) is 5.00 Å². The number of carbonyl (C=O) groups excluding carboxylic acids is 3. The maximum atomic E-state index is 12.7. The molecule has 0 spiro atoms. The van der Waals surface area contributed by atoms with Crippen LogP contribution in [0.1, 0.15) is 68.5 Å². The third-order valence-electron chi connectivity index (χ3n) is 5.21. The van der Waals surface area contributed by atoms with Crippen LogP contribution in [-0.4, -0.2) is 25.0 Å². The first-order valence-electron chi connectivity index (χ1n) is 9.41. The van der Waals surface area contributed by atoms with Crippen LogP contribution in [0.5, 0.6) is 0 Å². The summed E-state index contributed by atoms with van der Waals surface area (Å²) in [7, 11) is 1.35. The minimum Gasteiger partial charge on any atom is -0.465 e. The van der Waals surface area contributed by atoms with Crippen molar-refractivity contribution in [2.24, 2.45) is 0 Å². The maximum Gasteiger partial charge on any atom is 0.341 e. The van der Waals surface area contributed by atoms with Gasteiger partial charge >= 0.3 is 11.9 Å². The van der Waals surface area contributed by atoms with Crippen molar-refractivity contribution in [1.29, 1.82) is 0 Å². The van der Waals surface area contributed by atoms with Crippen molar-refractivity contribution in [3.05, 3.63) is 51.4 Å². The van der Waals surface area contributed by atoms with Gasteiger partial charge in [0.05, 0.1) is 24.7 Å². The number of carbonyl (C=O) groups is 3. The summed E-state index contributed by atoms with van der Waals surface area (Å²) in [4.78, 5) is 38.2. The molecular formula is C21H21NO5S. The standard InChI is InChI=1S/C21H21NO5S/c1-26-21(25)18-14-9-3-2-4-10-16(14)28-19(18)22-17(23)11-15-12-7-5-6-8-13(12)20(24)27-15/h5-8,15H,2-4,9-11H2,1H3,(H,22,23)/t15-/m1/s1. The third-order valence-corrected chi connectivity index (χ3v) is 6.42. The number of nitrogens with one attached hydrogen (secondary N) is 1. The number of anilines is 1. The molecule has 146 valence electrons. The van der Waals surface area contributed by atoms with Crippen molar-refractivity contribution in [2.75, 3.05) is 12.4 Å². The lowest BCUT2D eigenvalue weighted by Crippen LogP contribution is -2.17. The SMILES string of the molecule is COC(=O)c1c(NC(=O)C[C@H]2OC(=O)c3ccccc32)sc2c1CCCCC2. The number of amides is 1. The number of thiophene rings is 1. The number of benzene rings is 1. The van der Waals surface area contributed by atoms with Gasteiger partial charge in [-0.3, -0.25) is 4.79 Å². The summed E-state index contributed by atoms with van der Waals surface area (Å²) in [5.74, 6) is -1.13. The van der Waals surface area contributed by atoms with E-state index in [9.17, 15) is 14.4 Å². The van der Waals surface area contributed by atoms with Crippen LogP contribution in [-0.2, 0) is 27.1 Å². The van der Waals surface area contributed by atoms with Gasteiger partial charge in [-0.25, -0.2) is 9.59 Å². The van der Waals surface area contributed by atoms with E-state index in [4.69, 9.17) is 9.47 Å². The number of rotatable bonds is 4. The summed E-state index contributed by atoms with van der Waals surface area (Å²) >= 11 is 1.45. The number of cyclic esters (lactones) is 1. The molecular weight excluding hydrogens is 378 g/mol. The van der Waals surface area contributed by atoms with Crippen LogP contribution in [0, 0.1) is 0 Å². The molecule has 0 fully saturated rings. The summed E-state index contributed by atoms with van der Waals surface area (Å²) in [5, 5.41) is 3.39. The Morgan fingerprint density at radius 3 is 2.82 bits per heavy atom. The minimum absolute atomic E-state index is 0.00589. The maximum absolute atomic E-state index is 12.7. The van der Waals surface area contributed by atoms with Gasteiger partial charge in [-0.2, -0.15) is 0 Å². The van der Waals surface area contributed by atoms with E-state index in [0.29, 0.717) is 16.1 Å². The van der Waals surface area contributed by atoms with Crippen molar-refractivity contribution >= 4 is 34.2 Å². The van der Waals surface area contributed by atoms with E-state index in [2.05, 4.69) is 5.32 Å². The molecule has 1 aromatic heterocycles. The highest BCUT2D eigenvalue weighted by molar-refractivity contribution is 7.17. The summed E-state index contributed by atoms with van der Waals surface area (Å²) < 4.78 is 10.3. The molecule has 7 heteroatoms. The van der Waals surface area contributed by atoms with Crippen LogP contribution in [0.3, 0.4) is 0 Å². The predicted molar refractivity (Wildman–Crippen MR) is 105 cm³/mol. The zero-order chi connectivity index (χ0) is 19.7. The number of hydrogen-bond donors (Lipinski definition) is 1. The van der Waals surface area contributed by atoms with E-state index in [1.807, 2.05) is 6.07 Å². The Bertz CT molecular complexity index is 948. The quantitative estimate of drug-likeness (QED) is 0.620. The molecule has 28 heavy (non-hydrogen) atoms. The van der Waals surface area contributed by atoms with Crippen LogP contribution in [0.2, 0.25) is 0 Å². The Hall–Kier alpha value is -2.67. The van der Waals surface area contributed by atoms with Crippen molar-refractivity contribution in [1.82, 2.24) is 0 Å². The Morgan fingerprint density at radius 1 is 1.21 bits per heavy atom. The second-order valence-electron chi connectivity index (χ2n) is 6.99. The largest absolute Gasteiger partial charge is 0.465 e. The summed E-state index contributed by atoms with van der Waals surface area (Å²) in [5.41, 5.74) is 2.69. The average Bonchev–Trinajstić information content (AvgIpc) is 3.08. The minimum atomic E-state index is -0.608. The first-order chi connectivity index (χ1) is 13.6.